The largest absolute Gasteiger partial charge is 0.494 e. The molecule has 0 saturated heterocycles. The SMILES string of the molecule is CCOc1ccc(NC(=O)C(=O)c2c(C)[nH]c3ccccc23)cc1. The molecule has 2 aromatic carbocycles. The van der Waals surface area contributed by atoms with E-state index in [2.05, 4.69) is 10.3 Å². The van der Waals surface area contributed by atoms with E-state index >= 15 is 0 Å². The number of fused-ring (bicyclic) bond motifs is 1. The van der Waals surface area contributed by atoms with E-state index < -0.39 is 11.7 Å². The Morgan fingerprint density at radius 2 is 1.79 bits per heavy atom. The zero-order chi connectivity index (χ0) is 17.1. The summed E-state index contributed by atoms with van der Waals surface area (Å²) in [6, 6.07) is 14.3. The molecular weight excluding hydrogens is 304 g/mol. The molecule has 1 heterocycles. The number of benzene rings is 2. The summed E-state index contributed by atoms with van der Waals surface area (Å²) in [7, 11) is 0. The van der Waals surface area contributed by atoms with Crippen molar-refractivity contribution in [2.24, 2.45) is 0 Å². The molecule has 24 heavy (non-hydrogen) atoms. The Labute approximate surface area is 139 Å². The molecule has 122 valence electrons. The van der Waals surface area contributed by atoms with E-state index in [9.17, 15) is 9.59 Å². The number of hydrogen-bond donors (Lipinski definition) is 2. The molecule has 5 nitrogen and oxygen atoms in total. The maximum atomic E-state index is 12.6. The van der Waals surface area contributed by atoms with Crippen molar-refractivity contribution in [3.05, 3.63) is 59.8 Å². The highest BCUT2D eigenvalue weighted by atomic mass is 16.5. The smallest absolute Gasteiger partial charge is 0.296 e. The van der Waals surface area contributed by atoms with Crippen molar-refractivity contribution in [3.63, 3.8) is 0 Å². The number of carbonyl (C=O) groups is 2. The molecule has 3 aromatic rings. The number of aromatic amines is 1. The molecule has 1 aromatic heterocycles. The van der Waals surface area contributed by atoms with E-state index in [0.29, 0.717) is 29.3 Å². The minimum atomic E-state index is -0.660. The Bertz CT molecular complexity index is 895. The Balaban J connectivity index is 1.81. The molecule has 0 saturated carbocycles. The van der Waals surface area contributed by atoms with Gasteiger partial charge in [-0.25, -0.2) is 0 Å². The van der Waals surface area contributed by atoms with Crippen LogP contribution in [0, 0.1) is 6.92 Å². The van der Waals surface area contributed by atoms with E-state index in [-0.39, 0.29) is 0 Å². The number of hydrogen-bond acceptors (Lipinski definition) is 3. The Morgan fingerprint density at radius 1 is 1.08 bits per heavy atom. The monoisotopic (exact) mass is 322 g/mol. The number of ketones is 1. The lowest BCUT2D eigenvalue weighted by Gasteiger charge is -2.07. The van der Waals surface area contributed by atoms with Crippen LogP contribution in [0.25, 0.3) is 10.9 Å². The Kier molecular flexibility index (Phi) is 4.33. The Morgan fingerprint density at radius 3 is 2.50 bits per heavy atom. The molecular formula is C19H18N2O3. The number of para-hydroxylation sites is 1. The molecule has 0 fully saturated rings. The molecule has 0 atom stereocenters. The number of aryl methyl sites for hydroxylation is 1. The summed E-state index contributed by atoms with van der Waals surface area (Å²) in [4.78, 5) is 28.0. The van der Waals surface area contributed by atoms with Crippen LogP contribution in [0.1, 0.15) is 23.0 Å². The maximum Gasteiger partial charge on any atom is 0.296 e. The quantitative estimate of drug-likeness (QED) is 0.556. The van der Waals surface area contributed by atoms with Crippen LogP contribution in [0.15, 0.2) is 48.5 Å². The number of amides is 1. The van der Waals surface area contributed by atoms with Gasteiger partial charge in [0.15, 0.2) is 0 Å². The average Bonchev–Trinajstić information content (AvgIpc) is 2.92. The van der Waals surface area contributed by atoms with Gasteiger partial charge in [0.1, 0.15) is 5.75 Å². The fourth-order valence-corrected chi connectivity index (χ4v) is 2.67. The number of anilines is 1. The number of ether oxygens (including phenoxy) is 1. The molecule has 3 rings (SSSR count). The maximum absolute atomic E-state index is 12.6. The lowest BCUT2D eigenvalue weighted by Crippen LogP contribution is -2.23. The number of aromatic nitrogens is 1. The summed E-state index contributed by atoms with van der Waals surface area (Å²) in [5.41, 5.74) is 2.48. The average molecular weight is 322 g/mol. The zero-order valence-corrected chi connectivity index (χ0v) is 13.6. The van der Waals surface area contributed by atoms with Crippen LogP contribution < -0.4 is 10.1 Å². The molecule has 0 unspecified atom stereocenters. The number of nitrogens with one attached hydrogen (secondary N) is 2. The van der Waals surface area contributed by atoms with Gasteiger partial charge in [-0.3, -0.25) is 9.59 Å². The summed E-state index contributed by atoms with van der Waals surface area (Å²) in [6.45, 7) is 4.26. The normalized spacial score (nSPS) is 10.6. The first kappa shape index (κ1) is 15.8. The molecule has 0 aliphatic heterocycles. The fraction of sp³-hybridized carbons (Fsp3) is 0.158. The standard InChI is InChI=1S/C19H18N2O3/c1-3-24-14-10-8-13(9-11-14)21-19(23)18(22)17-12(2)20-16-7-5-4-6-15(16)17/h4-11,20H,3H2,1-2H3,(H,21,23). The minimum absolute atomic E-state index is 0.411. The van der Waals surface area contributed by atoms with E-state index in [1.54, 1.807) is 31.2 Å². The third kappa shape index (κ3) is 3.01. The van der Waals surface area contributed by atoms with Gasteiger partial charge in [0.2, 0.25) is 0 Å². The van der Waals surface area contributed by atoms with Crippen molar-refractivity contribution in [2.75, 3.05) is 11.9 Å². The second-order valence-corrected chi connectivity index (χ2v) is 5.41. The first-order chi connectivity index (χ1) is 11.6. The number of carbonyl (C=O) groups excluding carboxylic acids is 2. The molecule has 1 amide bonds. The zero-order valence-electron chi connectivity index (χ0n) is 13.6. The molecule has 0 bridgehead atoms. The third-order valence-electron chi connectivity index (χ3n) is 3.75. The molecule has 2 N–H and O–H groups in total. The van der Waals surface area contributed by atoms with Crippen LogP contribution in [0.2, 0.25) is 0 Å². The topological polar surface area (TPSA) is 71.2 Å². The summed E-state index contributed by atoms with van der Waals surface area (Å²) in [6.07, 6.45) is 0. The molecule has 0 aliphatic carbocycles. The van der Waals surface area contributed by atoms with Crippen LogP contribution >= 0.6 is 0 Å². The van der Waals surface area contributed by atoms with E-state index in [1.807, 2.05) is 31.2 Å². The van der Waals surface area contributed by atoms with Gasteiger partial charge in [0.25, 0.3) is 11.7 Å². The summed E-state index contributed by atoms with van der Waals surface area (Å²) in [5.74, 6) is -0.500. The molecule has 5 heteroatoms. The molecule has 0 aliphatic rings. The minimum Gasteiger partial charge on any atom is -0.494 e. The van der Waals surface area contributed by atoms with Crippen LogP contribution in [-0.2, 0) is 4.79 Å². The van der Waals surface area contributed by atoms with Gasteiger partial charge in [-0.1, -0.05) is 18.2 Å². The summed E-state index contributed by atoms with van der Waals surface area (Å²) < 4.78 is 5.35. The predicted molar refractivity (Wildman–Crippen MR) is 93.6 cm³/mol. The van der Waals surface area contributed by atoms with Crippen LogP contribution in [-0.4, -0.2) is 23.3 Å². The van der Waals surface area contributed by atoms with Crippen molar-refractivity contribution in [1.29, 1.82) is 0 Å². The predicted octanol–water partition coefficient (Wildman–Crippen LogP) is 3.70. The lowest BCUT2D eigenvalue weighted by molar-refractivity contribution is -0.112. The molecule has 0 radical (unpaired) electrons. The van der Waals surface area contributed by atoms with Crippen molar-refractivity contribution in [2.45, 2.75) is 13.8 Å². The van der Waals surface area contributed by atoms with Crippen molar-refractivity contribution in [1.82, 2.24) is 4.98 Å². The van der Waals surface area contributed by atoms with Crippen LogP contribution in [0.3, 0.4) is 0 Å². The van der Waals surface area contributed by atoms with Crippen molar-refractivity contribution in [3.8, 4) is 5.75 Å². The van der Waals surface area contributed by atoms with Gasteiger partial charge >= 0.3 is 0 Å². The highest BCUT2D eigenvalue weighted by Crippen LogP contribution is 2.23. The fourth-order valence-electron chi connectivity index (χ4n) is 2.67. The first-order valence-electron chi connectivity index (χ1n) is 7.76. The summed E-state index contributed by atoms with van der Waals surface area (Å²) >= 11 is 0. The second-order valence-electron chi connectivity index (χ2n) is 5.41. The van der Waals surface area contributed by atoms with E-state index in [1.165, 1.54) is 0 Å². The van der Waals surface area contributed by atoms with E-state index in [4.69, 9.17) is 4.74 Å². The van der Waals surface area contributed by atoms with Gasteiger partial charge in [-0.15, -0.1) is 0 Å². The first-order valence-corrected chi connectivity index (χ1v) is 7.76. The van der Waals surface area contributed by atoms with Gasteiger partial charge < -0.3 is 15.0 Å². The second kappa shape index (κ2) is 6.58. The van der Waals surface area contributed by atoms with E-state index in [0.717, 1.165) is 10.9 Å². The highest BCUT2D eigenvalue weighted by molar-refractivity contribution is 6.48. The lowest BCUT2D eigenvalue weighted by atomic mass is 10.1. The molecule has 0 spiro atoms. The summed E-state index contributed by atoms with van der Waals surface area (Å²) in [5, 5.41) is 3.39. The van der Waals surface area contributed by atoms with Gasteiger partial charge in [0, 0.05) is 22.3 Å². The number of rotatable bonds is 5. The third-order valence-corrected chi connectivity index (χ3v) is 3.75. The van der Waals surface area contributed by atoms with Crippen molar-refractivity contribution >= 4 is 28.3 Å². The van der Waals surface area contributed by atoms with Gasteiger partial charge in [-0.2, -0.15) is 0 Å². The van der Waals surface area contributed by atoms with Crippen molar-refractivity contribution < 1.29 is 14.3 Å². The van der Waals surface area contributed by atoms with Crippen LogP contribution in [0.5, 0.6) is 5.75 Å². The highest BCUT2D eigenvalue weighted by Gasteiger charge is 2.22. The van der Waals surface area contributed by atoms with Gasteiger partial charge in [-0.05, 0) is 44.2 Å². The van der Waals surface area contributed by atoms with Crippen LogP contribution in [0.4, 0.5) is 5.69 Å². The number of H-pyrrole nitrogens is 1. The Hall–Kier alpha value is -3.08. The van der Waals surface area contributed by atoms with Gasteiger partial charge in [0.05, 0.1) is 12.2 Å². The number of Topliss-reactive ketones (excluding diaryl/α,β-unsaturated/α-hetero) is 1.